The third-order valence-corrected chi connectivity index (χ3v) is 2.36. The Hall–Kier alpha value is -1.03. The first-order valence-corrected chi connectivity index (χ1v) is 5.30. The molecule has 1 aromatic rings. The first kappa shape index (κ1) is 11.0. The van der Waals surface area contributed by atoms with Gasteiger partial charge in [-0.2, -0.15) is 0 Å². The molecule has 0 aliphatic heterocycles. The van der Waals surface area contributed by atoms with Gasteiger partial charge in [-0.05, 0) is 24.6 Å². The van der Waals surface area contributed by atoms with Gasteiger partial charge < -0.3 is 9.84 Å². The van der Waals surface area contributed by atoms with Crippen molar-refractivity contribution in [3.63, 3.8) is 0 Å². The van der Waals surface area contributed by atoms with E-state index in [1.54, 1.807) is 6.07 Å². The van der Waals surface area contributed by atoms with Gasteiger partial charge in [-0.3, -0.25) is 0 Å². The van der Waals surface area contributed by atoms with E-state index in [1.165, 1.54) is 6.92 Å². The van der Waals surface area contributed by atoms with Crippen molar-refractivity contribution in [1.82, 2.24) is 0 Å². The molecule has 0 heterocycles. The molecule has 0 amide bonds. The third kappa shape index (κ3) is 3.03. The van der Waals surface area contributed by atoms with Crippen LogP contribution in [0.25, 0.3) is 0 Å². The lowest BCUT2D eigenvalue weighted by Gasteiger charge is -2.10. The summed E-state index contributed by atoms with van der Waals surface area (Å²) >= 11 is 3.31. The molecule has 76 valence electrons. The maximum absolute atomic E-state index is 10.5. The monoisotopic (exact) mass is 258 g/mol. The van der Waals surface area contributed by atoms with Gasteiger partial charge in [0.05, 0.1) is 0 Å². The van der Waals surface area contributed by atoms with Crippen LogP contribution in [-0.4, -0.2) is 17.2 Å². The minimum absolute atomic E-state index is 0.580. The Morgan fingerprint density at radius 1 is 1.64 bits per heavy atom. The van der Waals surface area contributed by atoms with Gasteiger partial charge in [-0.25, -0.2) is 4.79 Å². The van der Waals surface area contributed by atoms with Gasteiger partial charge in [-0.15, -0.1) is 0 Å². The highest BCUT2D eigenvalue weighted by Gasteiger charge is 2.11. The Bertz CT molecular complexity index is 325. The minimum Gasteiger partial charge on any atom is -0.479 e. The molecular formula is C10H11BrO3. The summed E-state index contributed by atoms with van der Waals surface area (Å²) in [5.41, 5.74) is 1.06. The molecule has 0 radical (unpaired) electrons. The van der Waals surface area contributed by atoms with Crippen LogP contribution in [0.2, 0.25) is 0 Å². The lowest BCUT2D eigenvalue weighted by molar-refractivity contribution is -0.144. The predicted molar refractivity (Wildman–Crippen MR) is 56.8 cm³/mol. The normalized spacial score (nSPS) is 12.1. The topological polar surface area (TPSA) is 46.5 Å². The second-order valence-electron chi connectivity index (χ2n) is 2.88. The van der Waals surface area contributed by atoms with E-state index in [4.69, 9.17) is 9.84 Å². The first-order chi connectivity index (χ1) is 6.63. The van der Waals surface area contributed by atoms with Crippen molar-refractivity contribution in [2.75, 3.05) is 0 Å². The molecule has 0 spiro atoms. The number of ether oxygens (including phenoxy) is 1. The number of halogens is 1. The van der Waals surface area contributed by atoms with Crippen LogP contribution in [0, 0.1) is 0 Å². The molecule has 1 atom stereocenters. The fraction of sp³-hybridized carbons (Fsp3) is 0.300. The molecule has 0 aromatic heterocycles. The van der Waals surface area contributed by atoms with Crippen molar-refractivity contribution >= 4 is 21.9 Å². The van der Waals surface area contributed by atoms with Gasteiger partial charge in [0.25, 0.3) is 0 Å². The Balaban J connectivity index is 2.71. The van der Waals surface area contributed by atoms with Gasteiger partial charge in [-0.1, -0.05) is 28.1 Å². The molecule has 0 bridgehead atoms. The van der Waals surface area contributed by atoms with Crippen molar-refractivity contribution in [3.8, 4) is 5.75 Å². The maximum atomic E-state index is 10.5. The molecule has 1 rings (SSSR count). The number of carboxylic acids is 1. The second kappa shape index (κ2) is 5.00. The number of benzene rings is 1. The summed E-state index contributed by atoms with van der Waals surface area (Å²) in [6, 6.07) is 7.33. The van der Waals surface area contributed by atoms with Crippen LogP contribution in [0.5, 0.6) is 5.75 Å². The van der Waals surface area contributed by atoms with Crippen molar-refractivity contribution in [2.24, 2.45) is 0 Å². The molecular weight excluding hydrogens is 248 g/mol. The van der Waals surface area contributed by atoms with Gasteiger partial charge in [0, 0.05) is 5.33 Å². The van der Waals surface area contributed by atoms with Crippen LogP contribution in [0.1, 0.15) is 12.5 Å². The molecule has 4 heteroatoms. The summed E-state index contributed by atoms with van der Waals surface area (Å²) in [4.78, 5) is 10.5. The van der Waals surface area contributed by atoms with Crippen LogP contribution in [-0.2, 0) is 10.1 Å². The number of carbonyl (C=O) groups is 1. The third-order valence-electron chi connectivity index (χ3n) is 1.71. The molecule has 1 aromatic carbocycles. The van der Waals surface area contributed by atoms with Gasteiger partial charge in [0.1, 0.15) is 5.75 Å². The standard InChI is InChI=1S/C10H11BrO3/c1-7(10(12)13)14-9-4-2-3-8(5-9)6-11/h2-5,7H,6H2,1H3,(H,12,13). The summed E-state index contributed by atoms with van der Waals surface area (Å²) in [5.74, 6) is -0.383. The highest BCUT2D eigenvalue weighted by Crippen LogP contribution is 2.16. The molecule has 0 saturated carbocycles. The number of rotatable bonds is 4. The fourth-order valence-corrected chi connectivity index (χ4v) is 1.31. The Morgan fingerprint density at radius 3 is 2.93 bits per heavy atom. The van der Waals surface area contributed by atoms with Crippen molar-refractivity contribution in [3.05, 3.63) is 29.8 Å². The van der Waals surface area contributed by atoms with Crippen LogP contribution in [0.4, 0.5) is 0 Å². The van der Waals surface area contributed by atoms with E-state index in [2.05, 4.69) is 15.9 Å². The number of hydrogen-bond donors (Lipinski definition) is 1. The van der Waals surface area contributed by atoms with E-state index < -0.39 is 12.1 Å². The minimum atomic E-state index is -0.964. The fourth-order valence-electron chi connectivity index (χ4n) is 0.956. The maximum Gasteiger partial charge on any atom is 0.344 e. The first-order valence-electron chi connectivity index (χ1n) is 4.18. The molecule has 0 aliphatic rings. The van der Waals surface area contributed by atoms with Crippen LogP contribution < -0.4 is 4.74 Å². The molecule has 0 aliphatic carbocycles. The zero-order valence-corrected chi connectivity index (χ0v) is 9.32. The van der Waals surface area contributed by atoms with Gasteiger partial charge >= 0.3 is 5.97 Å². The van der Waals surface area contributed by atoms with Gasteiger partial charge in [0.2, 0.25) is 0 Å². The summed E-state index contributed by atoms with van der Waals surface area (Å²) < 4.78 is 5.20. The number of aliphatic carboxylic acids is 1. The van der Waals surface area contributed by atoms with E-state index in [9.17, 15) is 4.79 Å². The van der Waals surface area contributed by atoms with E-state index in [0.29, 0.717) is 5.75 Å². The molecule has 14 heavy (non-hydrogen) atoms. The highest BCUT2D eigenvalue weighted by molar-refractivity contribution is 9.08. The predicted octanol–water partition coefficient (Wildman–Crippen LogP) is 2.43. The zero-order chi connectivity index (χ0) is 10.6. The summed E-state index contributed by atoms with van der Waals surface area (Å²) in [7, 11) is 0. The average molecular weight is 259 g/mol. The zero-order valence-electron chi connectivity index (χ0n) is 7.74. The molecule has 0 fully saturated rings. The lowest BCUT2D eigenvalue weighted by atomic mass is 10.2. The SMILES string of the molecule is CC(Oc1cccc(CBr)c1)C(=O)O. The van der Waals surface area contributed by atoms with E-state index in [1.807, 2.05) is 18.2 Å². The quantitative estimate of drug-likeness (QED) is 0.844. The second-order valence-corrected chi connectivity index (χ2v) is 3.44. The molecule has 1 N–H and O–H groups in total. The number of hydrogen-bond acceptors (Lipinski definition) is 2. The lowest BCUT2D eigenvalue weighted by Crippen LogP contribution is -2.22. The highest BCUT2D eigenvalue weighted by atomic mass is 79.9. The van der Waals surface area contributed by atoms with E-state index in [0.717, 1.165) is 10.9 Å². The van der Waals surface area contributed by atoms with Crippen molar-refractivity contribution in [1.29, 1.82) is 0 Å². The Morgan fingerprint density at radius 2 is 2.36 bits per heavy atom. The van der Waals surface area contributed by atoms with Crippen LogP contribution in [0.15, 0.2) is 24.3 Å². The molecule has 0 saturated heterocycles. The average Bonchev–Trinajstić information content (AvgIpc) is 2.18. The van der Waals surface area contributed by atoms with E-state index in [-0.39, 0.29) is 0 Å². The Labute approximate surface area is 90.8 Å². The summed E-state index contributed by atoms with van der Waals surface area (Å²) in [6.07, 6.45) is -0.819. The summed E-state index contributed by atoms with van der Waals surface area (Å²) in [5, 5.41) is 9.36. The largest absolute Gasteiger partial charge is 0.479 e. The molecule has 1 unspecified atom stereocenters. The summed E-state index contributed by atoms with van der Waals surface area (Å²) in [6.45, 7) is 1.50. The number of carboxylic acid groups (broad SMARTS) is 1. The van der Waals surface area contributed by atoms with Gasteiger partial charge in [0.15, 0.2) is 6.10 Å². The Kier molecular flexibility index (Phi) is 3.95. The molecule has 3 nitrogen and oxygen atoms in total. The van der Waals surface area contributed by atoms with Crippen LogP contribution >= 0.6 is 15.9 Å². The smallest absolute Gasteiger partial charge is 0.344 e. The van der Waals surface area contributed by atoms with Crippen LogP contribution in [0.3, 0.4) is 0 Å². The van der Waals surface area contributed by atoms with Crippen molar-refractivity contribution in [2.45, 2.75) is 18.4 Å². The van der Waals surface area contributed by atoms with E-state index >= 15 is 0 Å². The number of alkyl halides is 1. The van der Waals surface area contributed by atoms with Crippen molar-refractivity contribution < 1.29 is 14.6 Å².